The smallest absolute Gasteiger partial charge is 0.0595 e. The zero-order valence-electron chi connectivity index (χ0n) is 9.20. The van der Waals surface area contributed by atoms with Crippen LogP contribution in [0.2, 0.25) is 5.02 Å². The summed E-state index contributed by atoms with van der Waals surface area (Å²) >= 11 is 5.92. The normalized spacial score (nSPS) is 15.0. The first-order chi connectivity index (χ1) is 6.99. The summed E-state index contributed by atoms with van der Waals surface area (Å²) in [6, 6.07) is 5.85. The summed E-state index contributed by atoms with van der Waals surface area (Å²) in [5, 5.41) is 10.5. The third kappa shape index (κ3) is 4.20. The average molecular weight is 228 g/mol. The van der Waals surface area contributed by atoms with Crippen molar-refractivity contribution < 1.29 is 5.11 Å². The van der Waals surface area contributed by atoms with Crippen LogP contribution in [0.25, 0.3) is 0 Å². The van der Waals surface area contributed by atoms with Crippen molar-refractivity contribution in [3.05, 3.63) is 34.3 Å². The van der Waals surface area contributed by atoms with Gasteiger partial charge in [0.2, 0.25) is 0 Å². The second kappa shape index (κ2) is 5.50. The third-order valence-corrected chi connectivity index (χ3v) is 2.76. The van der Waals surface area contributed by atoms with E-state index in [1.54, 1.807) is 0 Å². The fraction of sp³-hybridized carbons (Fsp3) is 0.500. The molecule has 0 radical (unpaired) electrons. The van der Waals surface area contributed by atoms with Crippen LogP contribution in [0.3, 0.4) is 0 Å². The van der Waals surface area contributed by atoms with E-state index in [0.29, 0.717) is 12.8 Å². The highest BCUT2D eigenvalue weighted by Gasteiger charge is 2.08. The molecule has 0 aliphatic rings. The van der Waals surface area contributed by atoms with E-state index in [1.165, 1.54) is 0 Å². The van der Waals surface area contributed by atoms with Crippen molar-refractivity contribution in [3.63, 3.8) is 0 Å². The monoisotopic (exact) mass is 227 g/mol. The second-order valence-corrected chi connectivity index (χ2v) is 4.56. The Bertz CT molecular complexity index is 325. The Kier molecular flexibility index (Phi) is 4.58. The maximum absolute atomic E-state index is 9.72. The number of hydrogen-bond acceptors (Lipinski definition) is 2. The summed E-state index contributed by atoms with van der Waals surface area (Å²) in [5.41, 5.74) is 7.77. The van der Waals surface area contributed by atoms with E-state index in [-0.39, 0.29) is 12.1 Å². The molecule has 0 aliphatic heterocycles. The van der Waals surface area contributed by atoms with Crippen LogP contribution in [0, 0.1) is 6.92 Å². The van der Waals surface area contributed by atoms with Crippen molar-refractivity contribution in [3.8, 4) is 0 Å². The van der Waals surface area contributed by atoms with Gasteiger partial charge in [-0.25, -0.2) is 0 Å². The molecule has 0 spiro atoms. The molecule has 0 fully saturated rings. The number of aliphatic hydroxyl groups excluding tert-OH is 1. The molecule has 2 unspecified atom stereocenters. The lowest BCUT2D eigenvalue weighted by Crippen LogP contribution is -2.24. The standard InChI is InChI=1S/C12H18ClNO/c1-8-5-10(3-4-12(8)13)7-11(15)6-9(2)14/h3-5,9,11,15H,6-7,14H2,1-2H3. The zero-order chi connectivity index (χ0) is 11.4. The largest absolute Gasteiger partial charge is 0.393 e. The van der Waals surface area contributed by atoms with Crippen LogP contribution in [-0.4, -0.2) is 17.3 Å². The van der Waals surface area contributed by atoms with Gasteiger partial charge >= 0.3 is 0 Å². The maximum Gasteiger partial charge on any atom is 0.0595 e. The average Bonchev–Trinajstić information content (AvgIpc) is 2.10. The minimum absolute atomic E-state index is 0.0356. The quantitative estimate of drug-likeness (QED) is 0.829. The molecule has 1 rings (SSSR count). The predicted octanol–water partition coefficient (Wildman–Crippen LogP) is 2.29. The number of halogens is 1. The van der Waals surface area contributed by atoms with Gasteiger partial charge in [-0.1, -0.05) is 23.7 Å². The Labute approximate surface area is 96.1 Å². The van der Waals surface area contributed by atoms with Crippen LogP contribution in [0.1, 0.15) is 24.5 Å². The highest BCUT2D eigenvalue weighted by atomic mass is 35.5. The molecule has 3 N–H and O–H groups in total. The van der Waals surface area contributed by atoms with Crippen LogP contribution < -0.4 is 5.73 Å². The van der Waals surface area contributed by atoms with E-state index < -0.39 is 0 Å². The molecule has 15 heavy (non-hydrogen) atoms. The van der Waals surface area contributed by atoms with Gasteiger partial charge in [0.15, 0.2) is 0 Å². The highest BCUT2D eigenvalue weighted by molar-refractivity contribution is 6.31. The molecule has 84 valence electrons. The molecule has 0 bridgehead atoms. The van der Waals surface area contributed by atoms with Crippen LogP contribution in [0.15, 0.2) is 18.2 Å². The number of aliphatic hydroxyl groups is 1. The van der Waals surface area contributed by atoms with E-state index in [4.69, 9.17) is 17.3 Å². The molecule has 2 atom stereocenters. The molecule has 0 amide bonds. The first-order valence-electron chi connectivity index (χ1n) is 5.17. The van der Waals surface area contributed by atoms with Crippen molar-refractivity contribution in [1.29, 1.82) is 0 Å². The Morgan fingerprint density at radius 3 is 2.67 bits per heavy atom. The first-order valence-corrected chi connectivity index (χ1v) is 5.55. The van der Waals surface area contributed by atoms with Gasteiger partial charge in [0.05, 0.1) is 6.10 Å². The lowest BCUT2D eigenvalue weighted by molar-refractivity contribution is 0.158. The minimum atomic E-state index is -0.370. The molecule has 0 aliphatic carbocycles. The molecule has 0 heterocycles. The van der Waals surface area contributed by atoms with Gasteiger partial charge < -0.3 is 10.8 Å². The minimum Gasteiger partial charge on any atom is -0.393 e. The van der Waals surface area contributed by atoms with Crippen molar-refractivity contribution in [2.24, 2.45) is 5.73 Å². The van der Waals surface area contributed by atoms with Crippen molar-refractivity contribution >= 4 is 11.6 Å². The topological polar surface area (TPSA) is 46.2 Å². The van der Waals surface area contributed by atoms with Gasteiger partial charge in [-0.15, -0.1) is 0 Å². The lowest BCUT2D eigenvalue weighted by atomic mass is 10.0. The summed E-state index contributed by atoms with van der Waals surface area (Å²) < 4.78 is 0. The molecule has 0 saturated heterocycles. The van der Waals surface area contributed by atoms with E-state index in [9.17, 15) is 5.11 Å². The van der Waals surface area contributed by atoms with Gasteiger partial charge in [-0.3, -0.25) is 0 Å². The zero-order valence-corrected chi connectivity index (χ0v) is 9.96. The summed E-state index contributed by atoms with van der Waals surface area (Å²) in [4.78, 5) is 0. The van der Waals surface area contributed by atoms with Gasteiger partial charge in [-0.2, -0.15) is 0 Å². The fourth-order valence-corrected chi connectivity index (χ4v) is 1.74. The highest BCUT2D eigenvalue weighted by Crippen LogP contribution is 2.17. The summed E-state index contributed by atoms with van der Waals surface area (Å²) in [5.74, 6) is 0. The van der Waals surface area contributed by atoms with Gasteiger partial charge in [0, 0.05) is 11.1 Å². The van der Waals surface area contributed by atoms with E-state index in [2.05, 4.69) is 0 Å². The fourth-order valence-electron chi connectivity index (χ4n) is 1.62. The van der Waals surface area contributed by atoms with Gasteiger partial charge in [0.1, 0.15) is 0 Å². The molecule has 3 heteroatoms. The number of aryl methyl sites for hydroxylation is 1. The molecule has 2 nitrogen and oxygen atoms in total. The third-order valence-electron chi connectivity index (χ3n) is 2.34. The van der Waals surface area contributed by atoms with Crippen LogP contribution in [-0.2, 0) is 6.42 Å². The van der Waals surface area contributed by atoms with Crippen LogP contribution in [0.4, 0.5) is 0 Å². The summed E-state index contributed by atoms with van der Waals surface area (Å²) in [6.07, 6.45) is 0.895. The summed E-state index contributed by atoms with van der Waals surface area (Å²) in [7, 11) is 0. The Morgan fingerprint density at radius 1 is 1.47 bits per heavy atom. The lowest BCUT2D eigenvalue weighted by Gasteiger charge is -2.13. The molecule has 0 saturated carbocycles. The van der Waals surface area contributed by atoms with Crippen molar-refractivity contribution in [2.75, 3.05) is 0 Å². The number of rotatable bonds is 4. The Balaban J connectivity index is 2.60. The summed E-state index contributed by atoms with van der Waals surface area (Å²) in [6.45, 7) is 3.86. The molecule has 1 aromatic rings. The SMILES string of the molecule is Cc1cc(CC(O)CC(C)N)ccc1Cl. The van der Waals surface area contributed by atoms with Crippen molar-refractivity contribution in [1.82, 2.24) is 0 Å². The maximum atomic E-state index is 9.72. The van der Waals surface area contributed by atoms with E-state index in [0.717, 1.165) is 16.1 Å². The number of hydrogen-bond donors (Lipinski definition) is 2. The molecular formula is C12H18ClNO. The molecule has 0 aromatic heterocycles. The van der Waals surface area contributed by atoms with Crippen LogP contribution >= 0.6 is 11.6 Å². The second-order valence-electron chi connectivity index (χ2n) is 4.15. The Morgan fingerprint density at radius 2 is 2.13 bits per heavy atom. The molecular weight excluding hydrogens is 210 g/mol. The van der Waals surface area contributed by atoms with Gasteiger partial charge in [0.25, 0.3) is 0 Å². The number of nitrogens with two attached hydrogens (primary N) is 1. The Hall–Kier alpha value is -0.570. The van der Waals surface area contributed by atoms with Crippen molar-refractivity contribution in [2.45, 2.75) is 38.8 Å². The van der Waals surface area contributed by atoms with Crippen LogP contribution in [0.5, 0.6) is 0 Å². The number of benzene rings is 1. The predicted molar refractivity (Wildman–Crippen MR) is 64.2 cm³/mol. The first kappa shape index (κ1) is 12.5. The van der Waals surface area contributed by atoms with E-state index in [1.807, 2.05) is 32.0 Å². The van der Waals surface area contributed by atoms with E-state index >= 15 is 0 Å². The van der Waals surface area contributed by atoms with Gasteiger partial charge in [-0.05, 0) is 43.9 Å². The molecule has 1 aromatic carbocycles.